The number of benzene rings is 2. The van der Waals surface area contributed by atoms with Crippen LogP contribution in [0.15, 0.2) is 41.2 Å². The second kappa shape index (κ2) is 8.38. The fourth-order valence-corrected chi connectivity index (χ4v) is 3.98. The van der Waals surface area contributed by atoms with Crippen LogP contribution in [0.5, 0.6) is 11.5 Å². The van der Waals surface area contributed by atoms with Crippen molar-refractivity contribution in [1.29, 1.82) is 0 Å². The van der Waals surface area contributed by atoms with Crippen molar-refractivity contribution in [2.24, 2.45) is 0 Å². The largest absolute Gasteiger partial charge is 0.493 e. The predicted octanol–water partition coefficient (Wildman–Crippen LogP) is 3.25. The molecule has 4 rings (SSSR count). The molecule has 3 N–H and O–H groups in total. The van der Waals surface area contributed by atoms with Crippen molar-refractivity contribution in [2.75, 3.05) is 26.5 Å². The standard InChI is InChI=1S/C22H23ClN4O3/c1-29-18-8-5-14(19(23)20(18)30-2)11-27-10-9-17-16(12-27)22(28)26-21(25-17)13-3-6-15(24)7-4-13/h3-8H,9-12,24H2,1-2H3,(H,25,26,28). The zero-order valence-corrected chi connectivity index (χ0v) is 17.6. The summed E-state index contributed by atoms with van der Waals surface area (Å²) in [6.07, 6.45) is 0.687. The summed E-state index contributed by atoms with van der Waals surface area (Å²) in [5.41, 5.74) is 9.58. The minimum atomic E-state index is -0.116. The highest BCUT2D eigenvalue weighted by molar-refractivity contribution is 6.33. The fraction of sp³-hybridized carbons (Fsp3) is 0.273. The first-order valence-electron chi connectivity index (χ1n) is 9.60. The highest BCUT2D eigenvalue weighted by Crippen LogP contribution is 2.38. The molecule has 2 heterocycles. The zero-order chi connectivity index (χ0) is 21.3. The number of aromatic amines is 1. The van der Waals surface area contributed by atoms with Gasteiger partial charge in [-0.2, -0.15) is 0 Å². The molecule has 0 bridgehead atoms. The fourth-order valence-electron chi connectivity index (χ4n) is 3.69. The van der Waals surface area contributed by atoms with Crippen LogP contribution >= 0.6 is 11.6 Å². The lowest BCUT2D eigenvalue weighted by Gasteiger charge is -2.28. The number of methoxy groups -OCH3 is 2. The number of nitrogen functional groups attached to an aromatic ring is 1. The van der Waals surface area contributed by atoms with Gasteiger partial charge in [0.2, 0.25) is 0 Å². The number of fused-ring (bicyclic) bond motifs is 1. The van der Waals surface area contributed by atoms with Crippen LogP contribution in [0.25, 0.3) is 11.4 Å². The molecule has 0 saturated carbocycles. The Bertz CT molecular complexity index is 1130. The topological polar surface area (TPSA) is 93.5 Å². The number of aromatic nitrogens is 2. The van der Waals surface area contributed by atoms with Gasteiger partial charge in [0.05, 0.1) is 30.5 Å². The summed E-state index contributed by atoms with van der Waals surface area (Å²) in [4.78, 5) is 22.5. The number of nitrogens with zero attached hydrogens (tertiary/aromatic N) is 2. The van der Waals surface area contributed by atoms with E-state index in [0.717, 1.165) is 23.4 Å². The molecule has 0 atom stereocenters. The molecule has 0 radical (unpaired) electrons. The average Bonchev–Trinajstić information content (AvgIpc) is 2.75. The summed E-state index contributed by atoms with van der Waals surface area (Å²) in [6, 6.07) is 11.1. The number of hydrogen-bond donors (Lipinski definition) is 2. The van der Waals surface area contributed by atoms with E-state index in [1.807, 2.05) is 24.3 Å². The van der Waals surface area contributed by atoms with Crippen LogP contribution in [-0.4, -0.2) is 35.6 Å². The molecule has 3 aromatic rings. The smallest absolute Gasteiger partial charge is 0.255 e. The normalized spacial score (nSPS) is 13.7. The predicted molar refractivity (Wildman–Crippen MR) is 117 cm³/mol. The highest BCUT2D eigenvalue weighted by atomic mass is 35.5. The molecular formula is C22H23ClN4O3. The number of H-pyrrole nitrogens is 1. The molecule has 0 spiro atoms. The minimum Gasteiger partial charge on any atom is -0.493 e. The van der Waals surface area contributed by atoms with Crippen LogP contribution in [0.1, 0.15) is 16.8 Å². The molecule has 0 fully saturated rings. The van der Waals surface area contributed by atoms with E-state index in [9.17, 15) is 4.79 Å². The third kappa shape index (κ3) is 3.86. The molecule has 30 heavy (non-hydrogen) atoms. The molecule has 156 valence electrons. The van der Waals surface area contributed by atoms with Crippen LogP contribution < -0.4 is 20.8 Å². The summed E-state index contributed by atoms with van der Waals surface area (Å²) in [5.74, 6) is 1.67. The van der Waals surface area contributed by atoms with Crippen molar-refractivity contribution in [2.45, 2.75) is 19.5 Å². The number of halogens is 1. The van der Waals surface area contributed by atoms with Crippen molar-refractivity contribution in [3.8, 4) is 22.9 Å². The Morgan fingerprint density at radius 1 is 1.17 bits per heavy atom. The quantitative estimate of drug-likeness (QED) is 0.608. The second-order valence-corrected chi connectivity index (χ2v) is 7.57. The van der Waals surface area contributed by atoms with Crippen molar-refractivity contribution in [1.82, 2.24) is 14.9 Å². The lowest BCUT2D eigenvalue weighted by molar-refractivity contribution is 0.241. The summed E-state index contributed by atoms with van der Waals surface area (Å²) in [6.45, 7) is 1.87. The molecule has 1 aliphatic rings. The third-order valence-corrected chi connectivity index (χ3v) is 5.71. The molecule has 0 amide bonds. The minimum absolute atomic E-state index is 0.116. The molecule has 0 unspecified atom stereocenters. The maximum Gasteiger partial charge on any atom is 0.255 e. The molecular weight excluding hydrogens is 404 g/mol. The Balaban J connectivity index is 1.57. The molecule has 0 saturated heterocycles. The Hall–Kier alpha value is -3.03. The van der Waals surface area contributed by atoms with Crippen LogP contribution in [0.3, 0.4) is 0 Å². The van der Waals surface area contributed by atoms with Gasteiger partial charge >= 0.3 is 0 Å². The van der Waals surface area contributed by atoms with Crippen molar-refractivity contribution >= 4 is 17.3 Å². The van der Waals surface area contributed by atoms with Gasteiger partial charge in [-0.15, -0.1) is 0 Å². The second-order valence-electron chi connectivity index (χ2n) is 7.20. The van der Waals surface area contributed by atoms with Crippen LogP contribution in [0.2, 0.25) is 5.02 Å². The van der Waals surface area contributed by atoms with E-state index in [-0.39, 0.29) is 5.56 Å². The first-order valence-corrected chi connectivity index (χ1v) is 9.97. The molecule has 1 aromatic heterocycles. The third-order valence-electron chi connectivity index (χ3n) is 5.29. The Morgan fingerprint density at radius 2 is 1.93 bits per heavy atom. The van der Waals surface area contributed by atoms with Gasteiger partial charge in [-0.25, -0.2) is 4.98 Å². The van der Waals surface area contributed by atoms with Gasteiger partial charge in [0.25, 0.3) is 5.56 Å². The van der Waals surface area contributed by atoms with E-state index in [1.54, 1.807) is 26.4 Å². The van der Waals surface area contributed by atoms with E-state index >= 15 is 0 Å². The number of ether oxygens (including phenoxy) is 2. The van der Waals surface area contributed by atoms with E-state index < -0.39 is 0 Å². The van der Waals surface area contributed by atoms with Gasteiger partial charge in [0.15, 0.2) is 11.5 Å². The lowest BCUT2D eigenvalue weighted by atomic mass is 10.0. The SMILES string of the molecule is COc1ccc(CN2CCc3nc(-c4ccc(N)cc4)[nH]c(=O)c3C2)c(Cl)c1OC. The van der Waals surface area contributed by atoms with E-state index in [2.05, 4.69) is 9.88 Å². The molecule has 7 nitrogen and oxygen atoms in total. The zero-order valence-electron chi connectivity index (χ0n) is 16.9. The van der Waals surface area contributed by atoms with Gasteiger partial charge in [-0.3, -0.25) is 9.69 Å². The highest BCUT2D eigenvalue weighted by Gasteiger charge is 2.23. The monoisotopic (exact) mass is 426 g/mol. The van der Waals surface area contributed by atoms with Crippen molar-refractivity contribution < 1.29 is 9.47 Å². The van der Waals surface area contributed by atoms with Crippen molar-refractivity contribution in [3.63, 3.8) is 0 Å². The van der Waals surface area contributed by atoms with Gasteiger partial charge in [0, 0.05) is 37.3 Å². The van der Waals surface area contributed by atoms with E-state index in [0.29, 0.717) is 53.1 Å². The molecule has 8 heteroatoms. The summed E-state index contributed by atoms with van der Waals surface area (Å²) in [5, 5.41) is 0.522. The van der Waals surface area contributed by atoms with Crippen LogP contribution in [0.4, 0.5) is 5.69 Å². The Labute approximate surface area is 179 Å². The Kier molecular flexibility index (Phi) is 5.65. The van der Waals surface area contributed by atoms with Crippen molar-refractivity contribution in [3.05, 3.63) is 68.6 Å². The first kappa shape index (κ1) is 20.3. The first-order chi connectivity index (χ1) is 14.5. The number of rotatable bonds is 5. The summed E-state index contributed by atoms with van der Waals surface area (Å²) < 4.78 is 10.7. The molecule has 0 aliphatic carbocycles. The van der Waals surface area contributed by atoms with Crippen LogP contribution in [0, 0.1) is 0 Å². The van der Waals surface area contributed by atoms with E-state index in [1.165, 1.54) is 0 Å². The average molecular weight is 427 g/mol. The lowest BCUT2D eigenvalue weighted by Crippen LogP contribution is -2.35. The maximum atomic E-state index is 12.8. The number of nitrogens with one attached hydrogen (secondary N) is 1. The molecule has 2 aromatic carbocycles. The van der Waals surface area contributed by atoms with Gasteiger partial charge in [-0.1, -0.05) is 17.7 Å². The van der Waals surface area contributed by atoms with Crippen LogP contribution in [-0.2, 0) is 19.5 Å². The number of anilines is 1. The number of hydrogen-bond acceptors (Lipinski definition) is 6. The summed E-state index contributed by atoms with van der Waals surface area (Å²) >= 11 is 6.52. The van der Waals surface area contributed by atoms with E-state index in [4.69, 9.17) is 31.8 Å². The molecule has 1 aliphatic heterocycles. The van der Waals surface area contributed by atoms with Gasteiger partial charge in [0.1, 0.15) is 5.82 Å². The maximum absolute atomic E-state index is 12.8. The van der Waals surface area contributed by atoms with Gasteiger partial charge < -0.3 is 20.2 Å². The van der Waals surface area contributed by atoms with Gasteiger partial charge in [-0.05, 0) is 35.9 Å². The Morgan fingerprint density at radius 3 is 2.63 bits per heavy atom. The number of nitrogens with two attached hydrogens (primary N) is 1. The summed E-state index contributed by atoms with van der Waals surface area (Å²) in [7, 11) is 3.14.